The fraction of sp³-hybridized carbons (Fsp3) is 0.526. The summed E-state index contributed by atoms with van der Waals surface area (Å²) >= 11 is 6.30. The van der Waals surface area contributed by atoms with Crippen molar-refractivity contribution in [2.45, 2.75) is 39.7 Å². The fourth-order valence-electron chi connectivity index (χ4n) is 2.69. The number of carbonyl (C=O) groups is 1. The zero-order valence-corrected chi connectivity index (χ0v) is 15.6. The highest BCUT2D eigenvalue weighted by atomic mass is 35.5. The number of nitrogens with zero attached hydrogens (tertiary/aromatic N) is 1. The summed E-state index contributed by atoms with van der Waals surface area (Å²) in [5.41, 5.74) is 0.812. The quantitative estimate of drug-likeness (QED) is 0.738. The fourth-order valence-corrected chi connectivity index (χ4v) is 2.95. The number of carbonyl (C=O) groups excluding carboxylic acids is 1. The van der Waals surface area contributed by atoms with Crippen molar-refractivity contribution in [1.29, 1.82) is 0 Å². The summed E-state index contributed by atoms with van der Waals surface area (Å²) < 4.78 is 11.1. The molecule has 1 aromatic rings. The highest BCUT2D eigenvalue weighted by molar-refractivity contribution is 6.32. The molecule has 0 saturated carbocycles. The summed E-state index contributed by atoms with van der Waals surface area (Å²) in [4.78, 5) is 14.2. The van der Waals surface area contributed by atoms with Crippen LogP contribution in [0.5, 0.6) is 11.5 Å². The van der Waals surface area contributed by atoms with E-state index in [0.29, 0.717) is 22.4 Å². The molecule has 4 nitrogen and oxygen atoms in total. The first kappa shape index (κ1) is 18.7. The molecule has 0 bridgehead atoms. The largest absolute Gasteiger partial charge is 0.493 e. The number of piperidine rings is 1. The Labute approximate surface area is 149 Å². The molecule has 1 amide bonds. The normalized spacial score (nSPS) is 16.0. The molecule has 0 N–H and O–H groups in total. The Morgan fingerprint density at radius 1 is 1.33 bits per heavy atom. The van der Waals surface area contributed by atoms with Gasteiger partial charge in [0, 0.05) is 19.2 Å². The zero-order chi connectivity index (χ0) is 17.7. The van der Waals surface area contributed by atoms with Gasteiger partial charge in [0.1, 0.15) is 0 Å². The van der Waals surface area contributed by atoms with Gasteiger partial charge in [0.2, 0.25) is 5.91 Å². The van der Waals surface area contributed by atoms with Gasteiger partial charge in [-0.25, -0.2) is 0 Å². The van der Waals surface area contributed by atoms with E-state index in [9.17, 15) is 4.79 Å². The van der Waals surface area contributed by atoms with Gasteiger partial charge in [0.15, 0.2) is 11.5 Å². The maximum absolute atomic E-state index is 12.3. The Morgan fingerprint density at radius 3 is 2.58 bits per heavy atom. The van der Waals surface area contributed by atoms with E-state index in [4.69, 9.17) is 21.1 Å². The minimum Gasteiger partial charge on any atom is -0.493 e. The molecule has 1 heterocycles. The smallest absolute Gasteiger partial charge is 0.246 e. The van der Waals surface area contributed by atoms with Crippen molar-refractivity contribution in [3.8, 4) is 11.5 Å². The van der Waals surface area contributed by atoms with Gasteiger partial charge in [-0.2, -0.15) is 0 Å². The number of hydrogen-bond donors (Lipinski definition) is 0. The molecule has 0 radical (unpaired) electrons. The van der Waals surface area contributed by atoms with Crippen molar-refractivity contribution in [3.05, 3.63) is 28.8 Å². The predicted octanol–water partition coefficient (Wildman–Crippen LogP) is 4.41. The van der Waals surface area contributed by atoms with E-state index in [1.807, 2.05) is 24.8 Å². The second-order valence-corrected chi connectivity index (χ2v) is 6.95. The summed E-state index contributed by atoms with van der Waals surface area (Å²) in [6, 6.07) is 3.61. The summed E-state index contributed by atoms with van der Waals surface area (Å²) in [6.07, 6.45) is 5.51. The van der Waals surface area contributed by atoms with Crippen LogP contribution < -0.4 is 9.47 Å². The summed E-state index contributed by atoms with van der Waals surface area (Å²) in [5.74, 6) is 1.84. The average Bonchev–Trinajstić information content (AvgIpc) is 2.55. The van der Waals surface area contributed by atoms with E-state index < -0.39 is 0 Å². The molecule has 1 saturated heterocycles. The second-order valence-electron chi connectivity index (χ2n) is 6.54. The number of likely N-dealkylation sites (tertiary alicyclic amines) is 1. The van der Waals surface area contributed by atoms with Crippen LogP contribution in [0, 0.1) is 5.92 Å². The monoisotopic (exact) mass is 351 g/mol. The standard InChI is InChI=1S/C19H26ClNO3/c1-13(2)24-19-16(20)11-15(12-17(19)23-4)5-6-18(22)21-9-7-14(3)8-10-21/h5-6,11-14H,7-10H2,1-4H3/b6-5+. The molecule has 0 unspecified atom stereocenters. The van der Waals surface area contributed by atoms with Crippen molar-refractivity contribution in [2.24, 2.45) is 5.92 Å². The number of hydrogen-bond acceptors (Lipinski definition) is 3. The lowest BCUT2D eigenvalue weighted by Gasteiger charge is -2.29. The molecule has 0 atom stereocenters. The Balaban J connectivity index is 2.11. The zero-order valence-electron chi connectivity index (χ0n) is 14.8. The Bertz CT molecular complexity index is 605. The molecule has 0 aromatic heterocycles. The second kappa shape index (κ2) is 8.43. The Hall–Kier alpha value is -1.68. The van der Waals surface area contributed by atoms with Crippen LogP contribution in [0.15, 0.2) is 18.2 Å². The highest BCUT2D eigenvalue weighted by Gasteiger charge is 2.18. The van der Waals surface area contributed by atoms with E-state index in [2.05, 4.69) is 6.92 Å². The molecular formula is C19H26ClNO3. The molecule has 2 rings (SSSR count). The molecule has 1 aliphatic heterocycles. The number of amides is 1. The van der Waals surface area contributed by atoms with E-state index in [0.717, 1.165) is 31.5 Å². The van der Waals surface area contributed by atoms with Crippen LogP contribution in [0.2, 0.25) is 5.02 Å². The molecule has 1 aliphatic rings. The van der Waals surface area contributed by atoms with Crippen LogP contribution in [-0.4, -0.2) is 37.1 Å². The first-order valence-electron chi connectivity index (χ1n) is 8.42. The van der Waals surface area contributed by atoms with Gasteiger partial charge in [-0.1, -0.05) is 18.5 Å². The third-order valence-electron chi connectivity index (χ3n) is 4.12. The first-order chi connectivity index (χ1) is 11.4. The van der Waals surface area contributed by atoms with Crippen LogP contribution in [0.25, 0.3) is 6.08 Å². The summed E-state index contributed by atoms with van der Waals surface area (Å²) in [7, 11) is 1.58. The van der Waals surface area contributed by atoms with Gasteiger partial charge in [-0.05, 0) is 56.4 Å². The molecule has 132 valence electrons. The lowest BCUT2D eigenvalue weighted by Crippen LogP contribution is -2.36. The van der Waals surface area contributed by atoms with Crippen LogP contribution >= 0.6 is 11.6 Å². The van der Waals surface area contributed by atoms with Gasteiger partial charge >= 0.3 is 0 Å². The number of benzene rings is 1. The summed E-state index contributed by atoms with van der Waals surface area (Å²) in [6.45, 7) is 7.75. The van der Waals surface area contributed by atoms with E-state index in [1.165, 1.54) is 0 Å². The molecular weight excluding hydrogens is 326 g/mol. The number of rotatable bonds is 5. The minimum atomic E-state index is 0.000799. The van der Waals surface area contributed by atoms with Gasteiger partial charge in [-0.3, -0.25) is 4.79 Å². The molecule has 0 aliphatic carbocycles. The SMILES string of the molecule is COc1cc(/C=C/C(=O)N2CCC(C)CC2)cc(Cl)c1OC(C)C. The Kier molecular flexibility index (Phi) is 6.55. The number of ether oxygens (including phenoxy) is 2. The van der Waals surface area contributed by atoms with Crippen molar-refractivity contribution < 1.29 is 14.3 Å². The van der Waals surface area contributed by atoms with Gasteiger partial charge in [0.05, 0.1) is 18.2 Å². The lowest BCUT2D eigenvalue weighted by atomic mass is 9.99. The van der Waals surface area contributed by atoms with Gasteiger partial charge < -0.3 is 14.4 Å². The van der Waals surface area contributed by atoms with Crippen LogP contribution in [0.3, 0.4) is 0 Å². The molecule has 0 spiro atoms. The van der Waals surface area contributed by atoms with Crippen LogP contribution in [0.1, 0.15) is 39.2 Å². The van der Waals surface area contributed by atoms with Crippen molar-refractivity contribution in [1.82, 2.24) is 4.90 Å². The van der Waals surface area contributed by atoms with Crippen LogP contribution in [0.4, 0.5) is 0 Å². The lowest BCUT2D eigenvalue weighted by molar-refractivity contribution is -0.127. The minimum absolute atomic E-state index is 0.000799. The van der Waals surface area contributed by atoms with E-state index >= 15 is 0 Å². The van der Waals surface area contributed by atoms with Crippen molar-refractivity contribution in [2.75, 3.05) is 20.2 Å². The third-order valence-corrected chi connectivity index (χ3v) is 4.40. The van der Waals surface area contributed by atoms with Crippen molar-refractivity contribution >= 4 is 23.6 Å². The molecule has 1 fully saturated rings. The predicted molar refractivity (Wildman–Crippen MR) is 97.8 cm³/mol. The number of methoxy groups -OCH3 is 1. The maximum atomic E-state index is 12.3. The van der Waals surface area contributed by atoms with Crippen LogP contribution in [-0.2, 0) is 4.79 Å². The highest BCUT2D eigenvalue weighted by Crippen LogP contribution is 2.37. The van der Waals surface area contributed by atoms with E-state index in [-0.39, 0.29) is 12.0 Å². The first-order valence-corrected chi connectivity index (χ1v) is 8.79. The average molecular weight is 352 g/mol. The van der Waals surface area contributed by atoms with Gasteiger partial charge in [-0.15, -0.1) is 0 Å². The third kappa shape index (κ3) is 4.91. The maximum Gasteiger partial charge on any atom is 0.246 e. The molecule has 24 heavy (non-hydrogen) atoms. The molecule has 5 heteroatoms. The van der Waals surface area contributed by atoms with E-state index in [1.54, 1.807) is 25.3 Å². The Morgan fingerprint density at radius 2 is 2.00 bits per heavy atom. The summed E-state index contributed by atoms with van der Waals surface area (Å²) in [5, 5.41) is 0.474. The topological polar surface area (TPSA) is 38.8 Å². The molecule has 1 aromatic carbocycles. The van der Waals surface area contributed by atoms with Gasteiger partial charge in [0.25, 0.3) is 0 Å². The number of halogens is 1. The van der Waals surface area contributed by atoms with Crippen molar-refractivity contribution in [3.63, 3.8) is 0 Å².